The van der Waals surface area contributed by atoms with Crippen LogP contribution in [0.1, 0.15) is 19.3 Å². The van der Waals surface area contributed by atoms with Crippen LogP contribution in [-0.2, 0) is 10.0 Å². The third-order valence-corrected chi connectivity index (χ3v) is 6.52. The number of nitrogens with one attached hydrogen (secondary N) is 1. The largest absolute Gasteiger partial charge is 0.396 e. The molecule has 1 aromatic carbocycles. The summed E-state index contributed by atoms with van der Waals surface area (Å²) in [5, 5.41) is 0. The van der Waals surface area contributed by atoms with Crippen molar-refractivity contribution in [2.24, 2.45) is 0 Å². The second-order valence-corrected chi connectivity index (χ2v) is 8.19. The van der Waals surface area contributed by atoms with Crippen LogP contribution in [0.15, 0.2) is 21.5 Å². The molecule has 5 nitrogen and oxygen atoms in total. The summed E-state index contributed by atoms with van der Waals surface area (Å²) in [6, 6.07) is 2.19. The van der Waals surface area contributed by atoms with Gasteiger partial charge in [-0.1, -0.05) is 0 Å². The van der Waals surface area contributed by atoms with Crippen molar-refractivity contribution in [3.05, 3.63) is 22.4 Å². The van der Waals surface area contributed by atoms with E-state index in [0.717, 1.165) is 31.4 Å². The molecule has 8 heteroatoms. The molecule has 2 rings (SSSR count). The second kappa shape index (κ2) is 5.83. The van der Waals surface area contributed by atoms with Gasteiger partial charge in [0.1, 0.15) is 5.82 Å². The molecule has 0 aromatic heterocycles. The summed E-state index contributed by atoms with van der Waals surface area (Å²) in [5.74, 6) is -0.649. The highest BCUT2D eigenvalue weighted by molar-refractivity contribution is 9.10. The van der Waals surface area contributed by atoms with E-state index in [4.69, 9.17) is 5.73 Å². The summed E-state index contributed by atoms with van der Waals surface area (Å²) in [4.78, 5) is 2.00. The standard InChI is InChI=1S/C13H19BrFN3O2S/c1-18(2)13(4-3-5-13)8-17-21(19,20)12-7-11(16)10(15)6-9(12)14/h6-7,17H,3-5,8,16H2,1-2H3. The van der Waals surface area contributed by atoms with Crippen molar-refractivity contribution in [3.63, 3.8) is 0 Å². The summed E-state index contributed by atoms with van der Waals surface area (Å²) in [5.41, 5.74) is 5.13. The zero-order chi connectivity index (χ0) is 15.8. The van der Waals surface area contributed by atoms with E-state index in [1.165, 1.54) is 0 Å². The van der Waals surface area contributed by atoms with E-state index >= 15 is 0 Å². The number of hydrogen-bond donors (Lipinski definition) is 2. The SMILES string of the molecule is CN(C)C1(CNS(=O)(=O)c2cc(N)c(F)cc2Br)CCC1. The van der Waals surface area contributed by atoms with E-state index in [1.54, 1.807) is 0 Å². The first kappa shape index (κ1) is 16.7. The molecule has 0 bridgehead atoms. The van der Waals surface area contributed by atoms with Gasteiger partial charge in [-0.15, -0.1) is 0 Å². The number of sulfonamides is 1. The lowest BCUT2D eigenvalue weighted by atomic mass is 9.76. The highest BCUT2D eigenvalue weighted by atomic mass is 79.9. The fraction of sp³-hybridized carbons (Fsp3) is 0.538. The molecule has 0 heterocycles. The minimum Gasteiger partial charge on any atom is -0.396 e. The average molecular weight is 380 g/mol. The van der Waals surface area contributed by atoms with E-state index in [-0.39, 0.29) is 20.6 Å². The molecule has 0 aliphatic heterocycles. The van der Waals surface area contributed by atoms with Gasteiger partial charge in [-0.25, -0.2) is 17.5 Å². The van der Waals surface area contributed by atoms with Gasteiger partial charge in [0.15, 0.2) is 0 Å². The summed E-state index contributed by atoms with van der Waals surface area (Å²) >= 11 is 3.07. The Kier molecular flexibility index (Phi) is 4.63. The van der Waals surface area contributed by atoms with Crippen LogP contribution in [0, 0.1) is 5.82 Å². The first-order valence-corrected chi connectivity index (χ1v) is 8.87. The number of hydrogen-bond acceptors (Lipinski definition) is 4. The van der Waals surface area contributed by atoms with Gasteiger partial charge < -0.3 is 10.6 Å². The third kappa shape index (κ3) is 3.23. The molecular formula is C13H19BrFN3O2S. The molecule has 1 saturated carbocycles. The van der Waals surface area contributed by atoms with Crippen LogP contribution in [-0.4, -0.2) is 39.5 Å². The lowest BCUT2D eigenvalue weighted by Crippen LogP contribution is -2.57. The predicted molar refractivity (Wildman–Crippen MR) is 84.0 cm³/mol. The van der Waals surface area contributed by atoms with Crippen molar-refractivity contribution in [2.45, 2.75) is 29.7 Å². The number of nitrogens with zero attached hydrogens (tertiary/aromatic N) is 1. The minimum atomic E-state index is -3.74. The number of benzene rings is 1. The summed E-state index contributed by atoms with van der Waals surface area (Å²) in [6.45, 7) is 0.325. The Morgan fingerprint density at radius 3 is 2.52 bits per heavy atom. The van der Waals surface area contributed by atoms with Crippen molar-refractivity contribution < 1.29 is 12.8 Å². The van der Waals surface area contributed by atoms with Gasteiger partial charge in [0.25, 0.3) is 0 Å². The number of likely N-dealkylation sites (N-methyl/N-ethyl adjacent to an activating group) is 1. The second-order valence-electron chi connectivity index (χ2n) is 5.60. The molecule has 0 atom stereocenters. The maximum Gasteiger partial charge on any atom is 0.241 e. The normalized spacial score (nSPS) is 17.8. The average Bonchev–Trinajstić information content (AvgIpc) is 2.31. The maximum absolute atomic E-state index is 13.3. The third-order valence-electron chi connectivity index (χ3n) is 4.16. The fourth-order valence-electron chi connectivity index (χ4n) is 2.42. The van der Waals surface area contributed by atoms with E-state index in [2.05, 4.69) is 20.7 Å². The van der Waals surface area contributed by atoms with Gasteiger partial charge in [-0.05, 0) is 61.4 Å². The van der Waals surface area contributed by atoms with Gasteiger partial charge in [0.05, 0.1) is 10.6 Å². The van der Waals surface area contributed by atoms with E-state index in [0.29, 0.717) is 6.54 Å². The molecule has 3 N–H and O–H groups in total. The lowest BCUT2D eigenvalue weighted by molar-refractivity contribution is 0.0657. The summed E-state index contributed by atoms with van der Waals surface area (Å²) < 4.78 is 40.9. The van der Waals surface area contributed by atoms with Gasteiger partial charge >= 0.3 is 0 Å². The Labute approximate surface area is 132 Å². The maximum atomic E-state index is 13.3. The van der Waals surface area contributed by atoms with Crippen molar-refractivity contribution in [1.29, 1.82) is 0 Å². The topological polar surface area (TPSA) is 75.4 Å². The Bertz CT molecular complexity index is 645. The first-order chi connectivity index (χ1) is 9.68. The monoisotopic (exact) mass is 379 g/mol. The van der Waals surface area contributed by atoms with Crippen LogP contribution in [0.2, 0.25) is 0 Å². The Balaban J connectivity index is 2.21. The fourth-order valence-corrected chi connectivity index (χ4v) is 4.59. The van der Waals surface area contributed by atoms with Gasteiger partial charge in [-0.3, -0.25) is 0 Å². The van der Waals surface area contributed by atoms with Crippen LogP contribution in [0.4, 0.5) is 10.1 Å². The summed E-state index contributed by atoms with van der Waals surface area (Å²) in [7, 11) is 0.144. The Morgan fingerprint density at radius 1 is 1.43 bits per heavy atom. The summed E-state index contributed by atoms with van der Waals surface area (Å²) in [6.07, 6.45) is 3.00. The zero-order valence-corrected chi connectivity index (χ0v) is 14.4. The van der Waals surface area contributed by atoms with E-state index in [9.17, 15) is 12.8 Å². The van der Waals surface area contributed by atoms with E-state index in [1.807, 2.05) is 19.0 Å². The van der Waals surface area contributed by atoms with Gasteiger partial charge in [-0.2, -0.15) is 0 Å². The van der Waals surface area contributed by atoms with E-state index < -0.39 is 15.8 Å². The number of rotatable bonds is 5. The molecule has 0 spiro atoms. The van der Waals surface area contributed by atoms with Crippen LogP contribution in [0.3, 0.4) is 0 Å². The minimum absolute atomic E-state index is 0.0466. The Morgan fingerprint density at radius 2 is 2.05 bits per heavy atom. The lowest BCUT2D eigenvalue weighted by Gasteiger charge is -2.47. The quantitative estimate of drug-likeness (QED) is 0.766. The van der Waals surface area contributed by atoms with Crippen molar-refractivity contribution in [1.82, 2.24) is 9.62 Å². The molecular weight excluding hydrogens is 361 g/mol. The smallest absolute Gasteiger partial charge is 0.241 e. The van der Waals surface area contributed by atoms with Crippen LogP contribution < -0.4 is 10.5 Å². The van der Waals surface area contributed by atoms with Crippen LogP contribution in [0.5, 0.6) is 0 Å². The molecule has 1 aliphatic carbocycles. The van der Waals surface area contributed by atoms with Crippen LogP contribution in [0.25, 0.3) is 0 Å². The van der Waals surface area contributed by atoms with Crippen molar-refractivity contribution in [2.75, 3.05) is 26.4 Å². The van der Waals surface area contributed by atoms with Crippen LogP contribution >= 0.6 is 15.9 Å². The molecule has 0 saturated heterocycles. The molecule has 1 aromatic rings. The highest BCUT2D eigenvalue weighted by Crippen LogP contribution is 2.36. The van der Waals surface area contributed by atoms with Crippen molar-refractivity contribution in [3.8, 4) is 0 Å². The van der Waals surface area contributed by atoms with Crippen molar-refractivity contribution >= 4 is 31.6 Å². The zero-order valence-electron chi connectivity index (χ0n) is 12.0. The number of nitrogen functional groups attached to an aromatic ring is 1. The molecule has 1 fully saturated rings. The number of nitrogens with two attached hydrogens (primary N) is 1. The Hall–Kier alpha value is -0.700. The first-order valence-electron chi connectivity index (χ1n) is 6.60. The number of anilines is 1. The molecule has 21 heavy (non-hydrogen) atoms. The molecule has 0 unspecified atom stereocenters. The number of halogens is 2. The van der Waals surface area contributed by atoms with Gasteiger partial charge in [0.2, 0.25) is 10.0 Å². The molecule has 1 aliphatic rings. The highest BCUT2D eigenvalue weighted by Gasteiger charge is 2.40. The molecule has 0 radical (unpaired) electrons. The molecule has 118 valence electrons. The van der Waals surface area contributed by atoms with Gasteiger partial charge in [0, 0.05) is 16.6 Å². The molecule has 0 amide bonds. The predicted octanol–water partition coefficient (Wildman–Crippen LogP) is 1.93.